The summed E-state index contributed by atoms with van der Waals surface area (Å²) >= 11 is 0. The van der Waals surface area contributed by atoms with Crippen molar-refractivity contribution in [2.45, 2.75) is 0 Å². The highest BCUT2D eigenvalue weighted by Crippen LogP contribution is 2.32. The predicted octanol–water partition coefficient (Wildman–Crippen LogP) is 3.16. The van der Waals surface area contributed by atoms with Crippen LogP contribution in [0.25, 0.3) is 21.5 Å². The smallest absolute Gasteiger partial charge is 0.0401 e. The van der Waals surface area contributed by atoms with Crippen LogP contribution in [0.5, 0.6) is 0 Å². The van der Waals surface area contributed by atoms with Gasteiger partial charge in [-0.2, -0.15) is 0 Å². The van der Waals surface area contributed by atoms with E-state index in [-0.39, 0.29) is 0 Å². The van der Waals surface area contributed by atoms with Gasteiger partial charge >= 0.3 is 0 Å². The maximum absolute atomic E-state index is 6.04. The van der Waals surface area contributed by atoms with Gasteiger partial charge in [-0.25, -0.2) is 0 Å². The van der Waals surface area contributed by atoms with Crippen LogP contribution in [-0.2, 0) is 0 Å². The largest absolute Gasteiger partial charge is 0.398 e. The molecule has 3 rings (SSSR count). The lowest BCUT2D eigenvalue weighted by Gasteiger charge is -2.08. The van der Waals surface area contributed by atoms with E-state index in [4.69, 9.17) is 11.5 Å². The normalized spacial score (nSPS) is 11.0. The Bertz CT molecular complexity index is 687. The van der Waals surface area contributed by atoms with Crippen molar-refractivity contribution < 1.29 is 0 Å². The Morgan fingerprint density at radius 2 is 1.38 bits per heavy atom. The number of benzene rings is 3. The van der Waals surface area contributed by atoms with Crippen LogP contribution >= 0.6 is 0 Å². The van der Waals surface area contributed by atoms with E-state index in [0.29, 0.717) is 0 Å². The summed E-state index contributed by atoms with van der Waals surface area (Å²) in [4.78, 5) is 0. The van der Waals surface area contributed by atoms with Gasteiger partial charge in [-0.3, -0.25) is 0 Å². The Morgan fingerprint density at radius 3 is 2.25 bits per heavy atom. The molecule has 3 aromatic rings. The first-order chi connectivity index (χ1) is 7.77. The van der Waals surface area contributed by atoms with E-state index < -0.39 is 0 Å². The molecule has 4 N–H and O–H groups in total. The summed E-state index contributed by atoms with van der Waals surface area (Å²) in [5, 5.41) is 4.42. The number of hydrogen-bond donors (Lipinski definition) is 2. The van der Waals surface area contributed by atoms with Crippen molar-refractivity contribution in [3.8, 4) is 0 Å². The zero-order chi connectivity index (χ0) is 11.1. The lowest BCUT2D eigenvalue weighted by Crippen LogP contribution is -1.92. The average Bonchev–Trinajstić information content (AvgIpc) is 2.33. The number of fused-ring (bicyclic) bond motifs is 3. The van der Waals surface area contributed by atoms with Gasteiger partial charge in [-0.15, -0.1) is 0 Å². The molecule has 0 aliphatic heterocycles. The summed E-state index contributed by atoms with van der Waals surface area (Å²) < 4.78 is 0. The lowest BCUT2D eigenvalue weighted by molar-refractivity contribution is 1.73. The Morgan fingerprint density at radius 1 is 0.625 bits per heavy atom. The van der Waals surface area contributed by atoms with E-state index in [0.717, 1.165) is 27.5 Å². The molecule has 0 amide bonds. The Balaban J connectivity index is 2.64. The monoisotopic (exact) mass is 208 g/mol. The lowest BCUT2D eigenvalue weighted by atomic mass is 10.00. The second-order valence-electron chi connectivity index (χ2n) is 3.95. The fourth-order valence-electron chi connectivity index (χ4n) is 2.18. The van der Waals surface area contributed by atoms with Crippen molar-refractivity contribution in [2.24, 2.45) is 0 Å². The minimum absolute atomic E-state index is 0.773. The summed E-state index contributed by atoms with van der Waals surface area (Å²) in [5.74, 6) is 0. The maximum atomic E-state index is 6.04. The minimum Gasteiger partial charge on any atom is -0.398 e. The molecule has 0 unspecified atom stereocenters. The molecule has 0 heterocycles. The molecule has 0 aromatic heterocycles. The van der Waals surface area contributed by atoms with Crippen molar-refractivity contribution in [1.29, 1.82) is 0 Å². The van der Waals surface area contributed by atoms with Gasteiger partial charge in [-0.05, 0) is 22.9 Å². The molecule has 3 aromatic carbocycles. The zero-order valence-electron chi connectivity index (χ0n) is 8.77. The molecule has 2 heteroatoms. The van der Waals surface area contributed by atoms with Gasteiger partial charge in [0.05, 0.1) is 0 Å². The molecular formula is C14H12N2. The summed E-state index contributed by atoms with van der Waals surface area (Å²) in [6, 6.07) is 16.0. The molecule has 0 saturated carbocycles. The van der Waals surface area contributed by atoms with Crippen LogP contribution in [0.3, 0.4) is 0 Å². The van der Waals surface area contributed by atoms with Crippen molar-refractivity contribution >= 4 is 32.9 Å². The molecule has 0 aliphatic carbocycles. The molecular weight excluding hydrogens is 196 g/mol. The molecule has 0 spiro atoms. The molecule has 0 atom stereocenters. The first kappa shape index (κ1) is 9.04. The van der Waals surface area contributed by atoms with Gasteiger partial charge in [0.15, 0.2) is 0 Å². The Hall–Kier alpha value is -2.22. The third-order valence-corrected chi connectivity index (χ3v) is 2.97. The molecule has 0 bridgehead atoms. The predicted molar refractivity (Wildman–Crippen MR) is 70.3 cm³/mol. The van der Waals surface area contributed by atoms with E-state index >= 15 is 0 Å². The van der Waals surface area contributed by atoms with Crippen LogP contribution in [-0.4, -0.2) is 0 Å². The summed E-state index contributed by atoms with van der Waals surface area (Å²) in [6.07, 6.45) is 0. The number of hydrogen-bond acceptors (Lipinski definition) is 2. The van der Waals surface area contributed by atoms with Crippen molar-refractivity contribution in [3.05, 3.63) is 48.5 Å². The SMILES string of the molecule is Nc1ccc(N)c2c1ccc1ccccc12. The maximum Gasteiger partial charge on any atom is 0.0401 e. The number of nitrogens with two attached hydrogens (primary N) is 2. The van der Waals surface area contributed by atoms with E-state index in [1.807, 2.05) is 30.3 Å². The quantitative estimate of drug-likeness (QED) is 0.440. The molecule has 2 nitrogen and oxygen atoms in total. The third-order valence-electron chi connectivity index (χ3n) is 2.97. The van der Waals surface area contributed by atoms with E-state index in [1.54, 1.807) is 0 Å². The number of nitrogen functional groups attached to an aromatic ring is 2. The number of rotatable bonds is 0. The Labute approximate surface area is 93.5 Å². The van der Waals surface area contributed by atoms with Crippen LogP contribution in [0.15, 0.2) is 48.5 Å². The van der Waals surface area contributed by atoms with Crippen LogP contribution in [0.1, 0.15) is 0 Å². The van der Waals surface area contributed by atoms with E-state index in [2.05, 4.69) is 18.2 Å². The van der Waals surface area contributed by atoms with Crippen LogP contribution in [0.2, 0.25) is 0 Å². The standard InChI is InChI=1S/C14H12N2/c15-12-7-8-13(16)14-10-4-2-1-3-9(10)5-6-11(12)14/h1-8H,15-16H2. The van der Waals surface area contributed by atoms with Crippen LogP contribution in [0, 0.1) is 0 Å². The van der Waals surface area contributed by atoms with Crippen molar-refractivity contribution in [1.82, 2.24) is 0 Å². The highest BCUT2D eigenvalue weighted by Gasteiger charge is 2.05. The Kier molecular flexibility index (Phi) is 1.77. The van der Waals surface area contributed by atoms with E-state index in [1.165, 1.54) is 5.39 Å². The molecule has 0 radical (unpaired) electrons. The molecule has 16 heavy (non-hydrogen) atoms. The van der Waals surface area contributed by atoms with Gasteiger partial charge in [0, 0.05) is 22.1 Å². The molecule has 0 fully saturated rings. The van der Waals surface area contributed by atoms with Gasteiger partial charge in [0.1, 0.15) is 0 Å². The fraction of sp³-hybridized carbons (Fsp3) is 0. The van der Waals surface area contributed by atoms with Gasteiger partial charge in [0.25, 0.3) is 0 Å². The van der Waals surface area contributed by atoms with Crippen LogP contribution < -0.4 is 11.5 Å². The first-order valence-electron chi connectivity index (χ1n) is 5.23. The topological polar surface area (TPSA) is 52.0 Å². The average molecular weight is 208 g/mol. The fourth-order valence-corrected chi connectivity index (χ4v) is 2.18. The molecule has 0 aliphatic rings. The summed E-state index contributed by atoms with van der Waals surface area (Å²) in [5.41, 5.74) is 13.5. The minimum atomic E-state index is 0.773. The summed E-state index contributed by atoms with van der Waals surface area (Å²) in [7, 11) is 0. The highest BCUT2D eigenvalue weighted by molar-refractivity contribution is 6.16. The molecule has 0 saturated heterocycles. The van der Waals surface area contributed by atoms with Gasteiger partial charge in [-0.1, -0.05) is 36.4 Å². The van der Waals surface area contributed by atoms with Gasteiger partial charge in [0.2, 0.25) is 0 Å². The van der Waals surface area contributed by atoms with Crippen molar-refractivity contribution in [2.75, 3.05) is 11.5 Å². The van der Waals surface area contributed by atoms with Gasteiger partial charge < -0.3 is 11.5 Å². The first-order valence-corrected chi connectivity index (χ1v) is 5.23. The third kappa shape index (κ3) is 1.13. The van der Waals surface area contributed by atoms with E-state index in [9.17, 15) is 0 Å². The summed E-state index contributed by atoms with van der Waals surface area (Å²) in [6.45, 7) is 0. The zero-order valence-corrected chi connectivity index (χ0v) is 8.77. The van der Waals surface area contributed by atoms with Crippen LogP contribution in [0.4, 0.5) is 11.4 Å². The van der Waals surface area contributed by atoms with Crippen molar-refractivity contribution in [3.63, 3.8) is 0 Å². The second-order valence-corrected chi connectivity index (χ2v) is 3.95. The molecule has 78 valence electrons. The second kappa shape index (κ2) is 3.14. The highest BCUT2D eigenvalue weighted by atomic mass is 14.6. The number of anilines is 2.